The van der Waals surface area contributed by atoms with Crippen LogP contribution in [-0.2, 0) is 12.8 Å². The molecule has 0 aliphatic rings. The first-order chi connectivity index (χ1) is 9.36. The standard InChI is InChI=1S/C13H24N2.BF4/c1-3-5-7-8-9-12-11-14-13(15-12)10-6-4-2;2-1(3,4)5/h11H,3-10H2,1-2H3,(H,14,15);/q;-1. The van der Waals surface area contributed by atoms with Gasteiger partial charge in [-0.15, -0.1) is 0 Å². The third kappa shape index (κ3) is 13.4. The number of aryl methyl sites for hydroxylation is 2. The average Bonchev–Trinajstić information content (AvgIpc) is 2.78. The summed E-state index contributed by atoms with van der Waals surface area (Å²) in [6.45, 7) is 4.46. The van der Waals surface area contributed by atoms with E-state index < -0.39 is 7.25 Å². The Morgan fingerprint density at radius 1 is 0.950 bits per heavy atom. The number of nitrogens with zero attached hydrogens (tertiary/aromatic N) is 1. The van der Waals surface area contributed by atoms with Gasteiger partial charge in [-0.3, -0.25) is 0 Å². The first-order valence-corrected chi connectivity index (χ1v) is 7.27. The molecule has 7 heteroatoms. The van der Waals surface area contributed by atoms with Crippen LogP contribution in [0.1, 0.15) is 63.9 Å². The van der Waals surface area contributed by atoms with Gasteiger partial charge in [-0.2, -0.15) is 0 Å². The molecule has 1 heterocycles. The summed E-state index contributed by atoms with van der Waals surface area (Å²) in [5.41, 5.74) is 1.25. The lowest BCUT2D eigenvalue weighted by atomic mass is 10.1. The second-order valence-electron chi connectivity index (χ2n) is 4.75. The molecule has 20 heavy (non-hydrogen) atoms. The quantitative estimate of drug-likeness (QED) is 0.400. The van der Waals surface area contributed by atoms with Crippen molar-refractivity contribution in [2.24, 2.45) is 0 Å². The molecule has 1 N–H and O–H groups in total. The van der Waals surface area contributed by atoms with E-state index in [1.807, 2.05) is 0 Å². The zero-order valence-electron chi connectivity index (χ0n) is 12.3. The summed E-state index contributed by atoms with van der Waals surface area (Å²) in [6, 6.07) is 0. The molecule has 0 radical (unpaired) electrons. The largest absolute Gasteiger partial charge is 0.673 e. The highest BCUT2D eigenvalue weighted by atomic mass is 19.5. The fourth-order valence-electron chi connectivity index (χ4n) is 1.74. The maximum Gasteiger partial charge on any atom is 0.673 e. The second kappa shape index (κ2) is 10.7. The molecule has 0 fully saturated rings. The highest BCUT2D eigenvalue weighted by Gasteiger charge is 2.20. The summed E-state index contributed by atoms with van der Waals surface area (Å²) in [5, 5.41) is 0. The lowest BCUT2D eigenvalue weighted by Crippen LogP contribution is -2.02. The van der Waals surface area contributed by atoms with E-state index in [1.54, 1.807) is 0 Å². The first-order valence-electron chi connectivity index (χ1n) is 7.27. The van der Waals surface area contributed by atoms with E-state index in [0.29, 0.717) is 0 Å². The zero-order valence-corrected chi connectivity index (χ0v) is 12.3. The van der Waals surface area contributed by atoms with Crippen LogP contribution in [-0.4, -0.2) is 17.2 Å². The number of hydrogen-bond donors (Lipinski definition) is 1. The maximum atomic E-state index is 9.75. The summed E-state index contributed by atoms with van der Waals surface area (Å²) in [4.78, 5) is 7.86. The number of H-pyrrole nitrogens is 1. The predicted molar refractivity (Wildman–Crippen MR) is 75.2 cm³/mol. The molecule has 0 atom stereocenters. The zero-order chi connectivity index (χ0) is 15.4. The van der Waals surface area contributed by atoms with Crippen molar-refractivity contribution in [1.82, 2.24) is 9.97 Å². The van der Waals surface area contributed by atoms with Crippen molar-refractivity contribution in [2.45, 2.75) is 65.2 Å². The molecular formula is C13H24BF4N2-. The van der Waals surface area contributed by atoms with Gasteiger partial charge in [0.15, 0.2) is 0 Å². The Balaban J connectivity index is 0.000000621. The van der Waals surface area contributed by atoms with Crippen LogP contribution in [0.15, 0.2) is 6.20 Å². The number of aromatic amines is 1. The molecule has 0 saturated carbocycles. The van der Waals surface area contributed by atoms with E-state index in [9.17, 15) is 17.3 Å². The molecule has 0 bridgehead atoms. The van der Waals surface area contributed by atoms with E-state index in [0.717, 1.165) is 12.8 Å². The van der Waals surface area contributed by atoms with E-state index in [4.69, 9.17) is 0 Å². The van der Waals surface area contributed by atoms with Crippen LogP contribution in [0.4, 0.5) is 17.3 Å². The smallest absolute Gasteiger partial charge is 0.418 e. The minimum Gasteiger partial charge on any atom is -0.418 e. The average molecular weight is 295 g/mol. The SMILES string of the molecule is CCCCCCc1c[nH]c(CCCC)n1.F[B-](F)(F)F. The Hall–Kier alpha value is -1.01. The van der Waals surface area contributed by atoms with Crippen LogP contribution in [0, 0.1) is 0 Å². The lowest BCUT2D eigenvalue weighted by molar-refractivity contribution is 0.368. The molecule has 0 aliphatic carbocycles. The third-order valence-corrected chi connectivity index (χ3v) is 2.74. The first kappa shape index (κ1) is 19.0. The highest BCUT2D eigenvalue weighted by molar-refractivity contribution is 6.50. The molecular weight excluding hydrogens is 271 g/mol. The topological polar surface area (TPSA) is 28.7 Å². The highest BCUT2D eigenvalue weighted by Crippen LogP contribution is 2.08. The molecule has 0 spiro atoms. The number of unbranched alkanes of at least 4 members (excludes halogenated alkanes) is 4. The van der Waals surface area contributed by atoms with E-state index >= 15 is 0 Å². The normalized spacial score (nSPS) is 11.1. The molecule has 0 aliphatic heterocycles. The van der Waals surface area contributed by atoms with Crippen LogP contribution in [0.3, 0.4) is 0 Å². The monoisotopic (exact) mass is 295 g/mol. The Bertz CT molecular complexity index is 333. The molecule has 2 nitrogen and oxygen atoms in total. The van der Waals surface area contributed by atoms with Crippen molar-refractivity contribution in [3.63, 3.8) is 0 Å². The summed E-state index contributed by atoms with van der Waals surface area (Å²) < 4.78 is 39.0. The second-order valence-corrected chi connectivity index (χ2v) is 4.75. The summed E-state index contributed by atoms with van der Waals surface area (Å²) in [6.07, 6.45) is 12.1. The molecule has 0 saturated heterocycles. The van der Waals surface area contributed by atoms with Crippen molar-refractivity contribution in [1.29, 1.82) is 0 Å². The van der Waals surface area contributed by atoms with Crippen molar-refractivity contribution in [3.05, 3.63) is 17.7 Å². The van der Waals surface area contributed by atoms with Gasteiger partial charge in [-0.05, 0) is 19.3 Å². The number of nitrogens with one attached hydrogen (secondary N) is 1. The molecule has 1 aromatic heterocycles. The Morgan fingerprint density at radius 2 is 1.55 bits per heavy atom. The maximum absolute atomic E-state index is 9.75. The predicted octanol–water partition coefficient (Wildman–Crippen LogP) is 5.18. The Morgan fingerprint density at radius 3 is 2.10 bits per heavy atom. The van der Waals surface area contributed by atoms with Crippen LogP contribution in [0.25, 0.3) is 0 Å². The molecule has 0 unspecified atom stereocenters. The van der Waals surface area contributed by atoms with Crippen LogP contribution in [0.2, 0.25) is 0 Å². The minimum atomic E-state index is -6.00. The fraction of sp³-hybridized carbons (Fsp3) is 0.769. The number of hydrogen-bond acceptors (Lipinski definition) is 1. The number of aromatic nitrogens is 2. The molecule has 0 aromatic carbocycles. The van der Waals surface area contributed by atoms with Gasteiger partial charge in [0.1, 0.15) is 5.82 Å². The van der Waals surface area contributed by atoms with E-state index in [-0.39, 0.29) is 0 Å². The lowest BCUT2D eigenvalue weighted by Gasteiger charge is -1.96. The number of halogens is 4. The molecule has 1 aromatic rings. The van der Waals surface area contributed by atoms with Gasteiger partial charge in [-0.1, -0.05) is 39.5 Å². The fourth-order valence-corrected chi connectivity index (χ4v) is 1.74. The van der Waals surface area contributed by atoms with Crippen molar-refractivity contribution in [2.75, 3.05) is 0 Å². The third-order valence-electron chi connectivity index (χ3n) is 2.74. The van der Waals surface area contributed by atoms with Crippen molar-refractivity contribution >= 4 is 7.25 Å². The van der Waals surface area contributed by atoms with Crippen LogP contribution >= 0.6 is 0 Å². The summed E-state index contributed by atoms with van der Waals surface area (Å²) in [5.74, 6) is 1.17. The van der Waals surface area contributed by atoms with Crippen molar-refractivity contribution < 1.29 is 17.3 Å². The van der Waals surface area contributed by atoms with Crippen molar-refractivity contribution in [3.8, 4) is 0 Å². The van der Waals surface area contributed by atoms with Gasteiger partial charge < -0.3 is 22.2 Å². The Kier molecular flexibility index (Phi) is 10.2. The molecule has 118 valence electrons. The van der Waals surface area contributed by atoms with Gasteiger partial charge in [0.05, 0.1) is 5.69 Å². The van der Waals surface area contributed by atoms with Gasteiger partial charge in [0, 0.05) is 12.6 Å². The minimum absolute atomic E-state index is 1.10. The summed E-state index contributed by atoms with van der Waals surface area (Å²) >= 11 is 0. The molecule has 1 rings (SSSR count). The van der Waals surface area contributed by atoms with Gasteiger partial charge >= 0.3 is 7.25 Å². The van der Waals surface area contributed by atoms with Gasteiger partial charge in [0.2, 0.25) is 0 Å². The van der Waals surface area contributed by atoms with Crippen LogP contribution in [0.5, 0.6) is 0 Å². The van der Waals surface area contributed by atoms with Crippen LogP contribution < -0.4 is 0 Å². The summed E-state index contributed by atoms with van der Waals surface area (Å²) in [7, 11) is -6.00. The van der Waals surface area contributed by atoms with Gasteiger partial charge in [0.25, 0.3) is 0 Å². The van der Waals surface area contributed by atoms with E-state index in [2.05, 4.69) is 30.0 Å². The number of rotatable bonds is 8. The number of imidazole rings is 1. The van der Waals surface area contributed by atoms with E-state index in [1.165, 1.54) is 50.0 Å². The van der Waals surface area contributed by atoms with Gasteiger partial charge in [-0.25, -0.2) is 4.98 Å². The Labute approximate surface area is 118 Å². The molecule has 0 amide bonds.